The molecule has 0 spiro atoms. The Bertz CT molecular complexity index is 830. The minimum Gasteiger partial charge on any atom is -0.480 e. The number of carbonyl (C=O) groups excluding carboxylic acids is 2. The maximum Gasteiger partial charge on any atom is 0.326 e. The Balaban J connectivity index is 2.48. The molecule has 2 amide bonds. The molecule has 128 valence electrons. The zero-order chi connectivity index (χ0) is 18.0. The van der Waals surface area contributed by atoms with Gasteiger partial charge in [0.2, 0.25) is 5.91 Å². The topological polar surface area (TPSA) is 127 Å². The normalized spacial score (nSPS) is 12.1. The first-order valence-electron chi connectivity index (χ1n) is 7.23. The summed E-state index contributed by atoms with van der Waals surface area (Å²) in [5.74, 6) is -2.76. The number of imidazole rings is 1. The van der Waals surface area contributed by atoms with Gasteiger partial charge in [-0.1, -0.05) is 6.92 Å². The van der Waals surface area contributed by atoms with Crippen LogP contribution in [0, 0.1) is 6.92 Å². The number of aromatic nitrogens is 2. The van der Waals surface area contributed by atoms with E-state index in [1.54, 1.807) is 10.6 Å². The van der Waals surface area contributed by atoms with E-state index in [9.17, 15) is 14.4 Å². The van der Waals surface area contributed by atoms with Crippen molar-refractivity contribution in [1.29, 1.82) is 0 Å². The Morgan fingerprint density at radius 1 is 1.46 bits per heavy atom. The lowest BCUT2D eigenvalue weighted by Crippen LogP contribution is -2.43. The highest BCUT2D eigenvalue weighted by Crippen LogP contribution is 2.23. The van der Waals surface area contributed by atoms with Crippen molar-refractivity contribution in [3.8, 4) is 0 Å². The summed E-state index contributed by atoms with van der Waals surface area (Å²) in [6.45, 7) is 3.71. The smallest absolute Gasteiger partial charge is 0.326 e. The summed E-state index contributed by atoms with van der Waals surface area (Å²) >= 11 is 3.41. The van der Waals surface area contributed by atoms with E-state index >= 15 is 0 Å². The second kappa shape index (κ2) is 7.00. The van der Waals surface area contributed by atoms with Crippen molar-refractivity contribution < 1.29 is 19.5 Å². The molecule has 0 aliphatic rings. The van der Waals surface area contributed by atoms with Crippen molar-refractivity contribution in [2.45, 2.75) is 32.7 Å². The van der Waals surface area contributed by atoms with Gasteiger partial charge in [-0.2, -0.15) is 0 Å². The van der Waals surface area contributed by atoms with E-state index in [1.807, 2.05) is 19.9 Å². The molecule has 0 saturated carbocycles. The molecule has 0 aliphatic carbocycles. The standard InChI is InChI=1S/C15H17BrN4O4/c1-3-9-12(14(22)19-10(15(23)24)5-11(17)21)20-6-7(2)4-8(16)13(20)18-9/h4,6,10H,3,5H2,1-2H3,(H2,17,21)(H,19,22)(H,23,24). The maximum atomic E-state index is 12.6. The zero-order valence-corrected chi connectivity index (χ0v) is 14.8. The molecule has 0 bridgehead atoms. The molecular weight excluding hydrogens is 380 g/mol. The zero-order valence-electron chi connectivity index (χ0n) is 13.2. The molecule has 2 rings (SSSR count). The number of nitrogens with one attached hydrogen (secondary N) is 1. The number of hydrogen-bond donors (Lipinski definition) is 3. The van der Waals surface area contributed by atoms with Crippen LogP contribution in [0.25, 0.3) is 5.65 Å². The highest BCUT2D eigenvalue weighted by atomic mass is 79.9. The van der Waals surface area contributed by atoms with Crippen molar-refractivity contribution >= 4 is 39.4 Å². The predicted octanol–water partition coefficient (Wildman–Crippen LogP) is 1.03. The lowest BCUT2D eigenvalue weighted by atomic mass is 10.1. The number of carboxylic acid groups (broad SMARTS) is 1. The van der Waals surface area contributed by atoms with Crippen LogP contribution in [0.3, 0.4) is 0 Å². The van der Waals surface area contributed by atoms with Gasteiger partial charge in [-0.3, -0.25) is 14.0 Å². The largest absolute Gasteiger partial charge is 0.480 e. The number of hydrogen-bond acceptors (Lipinski definition) is 4. The van der Waals surface area contributed by atoms with E-state index in [2.05, 4.69) is 26.2 Å². The quantitative estimate of drug-likeness (QED) is 0.671. The van der Waals surface area contributed by atoms with Gasteiger partial charge in [-0.15, -0.1) is 0 Å². The fourth-order valence-electron chi connectivity index (χ4n) is 2.39. The first-order chi connectivity index (χ1) is 11.2. The Labute approximate surface area is 146 Å². The fraction of sp³-hybridized carbons (Fsp3) is 0.333. The van der Waals surface area contributed by atoms with Gasteiger partial charge in [0.25, 0.3) is 5.91 Å². The third-order valence-corrected chi connectivity index (χ3v) is 4.03. The summed E-state index contributed by atoms with van der Waals surface area (Å²) < 4.78 is 2.33. The van der Waals surface area contributed by atoms with E-state index in [0.717, 1.165) is 10.0 Å². The minimum absolute atomic E-state index is 0.243. The lowest BCUT2D eigenvalue weighted by Gasteiger charge is -2.13. The summed E-state index contributed by atoms with van der Waals surface area (Å²) in [5.41, 5.74) is 7.27. The monoisotopic (exact) mass is 396 g/mol. The highest BCUT2D eigenvalue weighted by Gasteiger charge is 2.26. The number of fused-ring (bicyclic) bond motifs is 1. The molecule has 0 aromatic carbocycles. The average Bonchev–Trinajstić information content (AvgIpc) is 2.84. The van der Waals surface area contributed by atoms with E-state index in [4.69, 9.17) is 10.8 Å². The van der Waals surface area contributed by atoms with Gasteiger partial charge in [0.05, 0.1) is 16.6 Å². The van der Waals surface area contributed by atoms with Crippen LogP contribution in [0.2, 0.25) is 0 Å². The summed E-state index contributed by atoms with van der Waals surface area (Å²) in [7, 11) is 0. The molecule has 8 nitrogen and oxygen atoms in total. The third-order valence-electron chi connectivity index (χ3n) is 3.44. The second-order valence-electron chi connectivity index (χ2n) is 5.35. The Kier molecular flexibility index (Phi) is 5.23. The van der Waals surface area contributed by atoms with Crippen molar-refractivity contribution in [3.63, 3.8) is 0 Å². The number of aryl methyl sites for hydroxylation is 2. The molecule has 9 heteroatoms. The van der Waals surface area contributed by atoms with Crippen molar-refractivity contribution in [2.24, 2.45) is 5.73 Å². The molecule has 1 unspecified atom stereocenters. The van der Waals surface area contributed by atoms with Gasteiger partial charge in [-0.05, 0) is 40.9 Å². The van der Waals surface area contributed by atoms with Gasteiger partial charge in [-0.25, -0.2) is 9.78 Å². The fourth-order valence-corrected chi connectivity index (χ4v) is 3.03. The van der Waals surface area contributed by atoms with E-state index in [0.29, 0.717) is 17.8 Å². The second-order valence-corrected chi connectivity index (χ2v) is 6.21. The van der Waals surface area contributed by atoms with Crippen LogP contribution in [-0.2, 0) is 16.0 Å². The molecule has 1 atom stereocenters. The number of carbonyl (C=O) groups is 3. The van der Waals surface area contributed by atoms with Crippen LogP contribution in [0.1, 0.15) is 35.1 Å². The van der Waals surface area contributed by atoms with Crippen LogP contribution in [0.15, 0.2) is 16.7 Å². The molecule has 2 aromatic rings. The first-order valence-corrected chi connectivity index (χ1v) is 8.03. The summed E-state index contributed by atoms with van der Waals surface area (Å²) in [6, 6.07) is 0.481. The predicted molar refractivity (Wildman–Crippen MR) is 89.7 cm³/mol. The molecule has 0 aliphatic heterocycles. The average molecular weight is 397 g/mol. The van der Waals surface area contributed by atoms with E-state index in [1.165, 1.54) is 0 Å². The Morgan fingerprint density at radius 3 is 2.67 bits per heavy atom. The summed E-state index contributed by atoms with van der Waals surface area (Å²) in [5, 5.41) is 11.5. The SMILES string of the molecule is CCc1nc2c(Br)cc(C)cn2c1C(=O)NC(CC(N)=O)C(=O)O. The summed E-state index contributed by atoms with van der Waals surface area (Å²) in [4.78, 5) is 39.2. The number of halogens is 1. The molecule has 0 saturated heterocycles. The number of nitrogens with zero attached hydrogens (tertiary/aromatic N) is 2. The number of amides is 2. The van der Waals surface area contributed by atoms with Crippen molar-refractivity contribution in [1.82, 2.24) is 14.7 Å². The van der Waals surface area contributed by atoms with Gasteiger partial charge in [0.1, 0.15) is 11.7 Å². The first kappa shape index (κ1) is 17.9. The van der Waals surface area contributed by atoms with Crippen molar-refractivity contribution in [2.75, 3.05) is 0 Å². The number of nitrogens with two attached hydrogens (primary N) is 1. The molecule has 0 fully saturated rings. The molecule has 2 heterocycles. The van der Waals surface area contributed by atoms with Crippen molar-refractivity contribution in [3.05, 3.63) is 33.7 Å². The molecule has 4 N–H and O–H groups in total. The molecule has 2 aromatic heterocycles. The number of pyridine rings is 1. The van der Waals surface area contributed by atoms with Gasteiger partial charge in [0, 0.05) is 6.20 Å². The minimum atomic E-state index is -1.39. The van der Waals surface area contributed by atoms with Crippen LogP contribution in [0.4, 0.5) is 0 Å². The van der Waals surface area contributed by atoms with E-state index < -0.39 is 30.2 Å². The van der Waals surface area contributed by atoms with Gasteiger partial charge < -0.3 is 16.2 Å². The lowest BCUT2D eigenvalue weighted by molar-refractivity contribution is -0.140. The maximum absolute atomic E-state index is 12.6. The Morgan fingerprint density at radius 2 is 2.12 bits per heavy atom. The number of rotatable bonds is 6. The van der Waals surface area contributed by atoms with Crippen LogP contribution in [-0.4, -0.2) is 38.3 Å². The van der Waals surface area contributed by atoms with Crippen LogP contribution in [0.5, 0.6) is 0 Å². The number of primary amides is 1. The van der Waals surface area contributed by atoms with Gasteiger partial charge in [0.15, 0.2) is 5.65 Å². The van der Waals surface area contributed by atoms with Gasteiger partial charge >= 0.3 is 5.97 Å². The van der Waals surface area contributed by atoms with Crippen LogP contribution < -0.4 is 11.1 Å². The molecular formula is C15H17BrN4O4. The number of carboxylic acids is 1. The Hall–Kier alpha value is -2.42. The van der Waals surface area contributed by atoms with Crippen LogP contribution >= 0.6 is 15.9 Å². The third kappa shape index (κ3) is 3.56. The summed E-state index contributed by atoms with van der Waals surface area (Å²) in [6.07, 6.45) is 1.75. The number of aliphatic carboxylic acids is 1. The highest BCUT2D eigenvalue weighted by molar-refractivity contribution is 9.10. The molecule has 0 radical (unpaired) electrons. The van der Waals surface area contributed by atoms with E-state index in [-0.39, 0.29) is 5.69 Å². The molecule has 24 heavy (non-hydrogen) atoms.